The van der Waals surface area contributed by atoms with Gasteiger partial charge >= 0.3 is 11.5 Å². The molecule has 9 heteroatoms. The number of hydrazone groups is 1. The number of nitrogens with zero attached hydrogens (tertiary/aromatic N) is 1. The van der Waals surface area contributed by atoms with E-state index in [9.17, 15) is 14.7 Å². The lowest BCUT2D eigenvalue weighted by Crippen LogP contribution is -2.21. The normalized spacial score (nSPS) is 11.2. The van der Waals surface area contributed by atoms with E-state index in [1.165, 1.54) is 26.0 Å². The molecule has 9 nitrogen and oxygen atoms in total. The summed E-state index contributed by atoms with van der Waals surface area (Å²) in [6.45, 7) is 3.08. The van der Waals surface area contributed by atoms with E-state index < -0.39 is 11.5 Å². The molecule has 0 aliphatic heterocycles. The summed E-state index contributed by atoms with van der Waals surface area (Å²) in [4.78, 5) is 24.1. The SMILES string of the molecule is COc1ccccc1OCc1ccc(C(=O)NN=C(C)c2c(O)cc(C)oc2=O)o1. The number of nitrogens with one attached hydrogen (secondary N) is 1. The van der Waals surface area contributed by atoms with Gasteiger partial charge in [-0.15, -0.1) is 0 Å². The largest absolute Gasteiger partial charge is 0.507 e. The van der Waals surface area contributed by atoms with Gasteiger partial charge in [-0.25, -0.2) is 10.2 Å². The van der Waals surface area contributed by atoms with Crippen molar-refractivity contribution in [1.82, 2.24) is 5.43 Å². The van der Waals surface area contributed by atoms with Crippen molar-refractivity contribution in [3.05, 3.63) is 75.7 Å². The van der Waals surface area contributed by atoms with Gasteiger partial charge in [0.25, 0.3) is 0 Å². The Kier molecular flexibility index (Phi) is 6.21. The predicted octanol–water partition coefficient (Wildman–Crippen LogP) is 2.99. The lowest BCUT2D eigenvalue weighted by atomic mass is 10.2. The number of carbonyl (C=O) groups excluding carboxylic acids is 1. The first kappa shape index (κ1) is 20.7. The maximum Gasteiger partial charge on any atom is 0.348 e. The molecule has 3 aromatic rings. The molecule has 0 saturated heterocycles. The van der Waals surface area contributed by atoms with Gasteiger partial charge in [-0.1, -0.05) is 12.1 Å². The van der Waals surface area contributed by atoms with Crippen molar-refractivity contribution in [2.75, 3.05) is 7.11 Å². The van der Waals surface area contributed by atoms with E-state index in [0.717, 1.165) is 0 Å². The molecule has 3 rings (SSSR count). The molecule has 0 aliphatic rings. The van der Waals surface area contributed by atoms with Crippen LogP contribution in [0.1, 0.15) is 34.6 Å². The molecule has 156 valence electrons. The van der Waals surface area contributed by atoms with Crippen molar-refractivity contribution in [2.24, 2.45) is 5.10 Å². The third-order valence-corrected chi connectivity index (χ3v) is 4.07. The summed E-state index contributed by atoms with van der Waals surface area (Å²) in [5.41, 5.74) is 1.47. The Morgan fingerprint density at radius 3 is 2.60 bits per heavy atom. The number of carbonyl (C=O) groups is 1. The minimum atomic E-state index is -0.753. The number of aromatic hydroxyl groups is 1. The molecule has 0 saturated carbocycles. The smallest absolute Gasteiger partial charge is 0.348 e. The lowest BCUT2D eigenvalue weighted by molar-refractivity contribution is 0.0923. The summed E-state index contributed by atoms with van der Waals surface area (Å²) in [6.07, 6.45) is 0. The first-order chi connectivity index (χ1) is 14.4. The third kappa shape index (κ3) is 4.69. The quantitative estimate of drug-likeness (QED) is 0.452. The monoisotopic (exact) mass is 412 g/mol. The van der Waals surface area contributed by atoms with Gasteiger partial charge in [0, 0.05) is 6.07 Å². The number of methoxy groups -OCH3 is 1. The molecule has 0 unspecified atom stereocenters. The van der Waals surface area contributed by atoms with Crippen LogP contribution in [0.15, 0.2) is 61.2 Å². The van der Waals surface area contributed by atoms with Crippen LogP contribution in [0.2, 0.25) is 0 Å². The fourth-order valence-corrected chi connectivity index (χ4v) is 2.64. The predicted molar refractivity (Wildman–Crippen MR) is 107 cm³/mol. The number of aryl methyl sites for hydroxylation is 1. The second-order valence-corrected chi connectivity index (χ2v) is 6.25. The summed E-state index contributed by atoms with van der Waals surface area (Å²) >= 11 is 0. The van der Waals surface area contributed by atoms with Gasteiger partial charge < -0.3 is 23.4 Å². The standard InChI is InChI=1S/C21H20N2O7/c1-12-10-15(24)19(21(26)29-12)13(2)22-23-20(25)18-9-8-14(30-18)11-28-17-7-5-4-6-16(17)27-3/h4-10,24H,11H2,1-3H3,(H,23,25). The number of rotatable bonds is 7. The average molecular weight is 412 g/mol. The Morgan fingerprint density at radius 1 is 1.17 bits per heavy atom. The van der Waals surface area contributed by atoms with Crippen molar-refractivity contribution in [3.63, 3.8) is 0 Å². The van der Waals surface area contributed by atoms with E-state index in [4.69, 9.17) is 18.3 Å². The fourth-order valence-electron chi connectivity index (χ4n) is 2.64. The number of hydrogen-bond acceptors (Lipinski definition) is 8. The number of amides is 1. The number of ether oxygens (including phenoxy) is 2. The number of furan rings is 1. The van der Waals surface area contributed by atoms with Crippen molar-refractivity contribution < 1.29 is 28.2 Å². The number of hydrogen-bond donors (Lipinski definition) is 2. The zero-order chi connectivity index (χ0) is 21.7. The Hall–Kier alpha value is -4.01. The molecule has 2 heterocycles. The lowest BCUT2D eigenvalue weighted by Gasteiger charge is -2.08. The van der Waals surface area contributed by atoms with E-state index in [1.807, 2.05) is 12.1 Å². The van der Waals surface area contributed by atoms with Gasteiger partial charge in [-0.05, 0) is 38.1 Å². The Balaban J connectivity index is 1.65. The van der Waals surface area contributed by atoms with Crippen LogP contribution in [-0.2, 0) is 6.61 Å². The van der Waals surface area contributed by atoms with Crippen molar-refractivity contribution in [1.29, 1.82) is 0 Å². The summed E-state index contributed by atoms with van der Waals surface area (Å²) < 4.78 is 21.3. The molecule has 0 atom stereocenters. The summed E-state index contributed by atoms with van der Waals surface area (Å²) in [7, 11) is 1.54. The molecule has 30 heavy (non-hydrogen) atoms. The molecule has 1 amide bonds. The molecular formula is C21H20N2O7. The minimum Gasteiger partial charge on any atom is -0.507 e. The van der Waals surface area contributed by atoms with Crippen LogP contribution in [0.25, 0.3) is 0 Å². The van der Waals surface area contributed by atoms with Gasteiger partial charge in [0.15, 0.2) is 17.3 Å². The van der Waals surface area contributed by atoms with E-state index in [2.05, 4.69) is 10.5 Å². The van der Waals surface area contributed by atoms with E-state index >= 15 is 0 Å². The van der Waals surface area contributed by atoms with Crippen LogP contribution >= 0.6 is 0 Å². The molecule has 0 aliphatic carbocycles. The average Bonchev–Trinajstić information content (AvgIpc) is 3.19. The van der Waals surface area contributed by atoms with Crippen molar-refractivity contribution in [2.45, 2.75) is 20.5 Å². The third-order valence-electron chi connectivity index (χ3n) is 4.07. The summed E-state index contributed by atoms with van der Waals surface area (Å²) in [5, 5.41) is 13.8. The number of benzene rings is 1. The van der Waals surface area contributed by atoms with Crippen LogP contribution in [-0.4, -0.2) is 23.8 Å². The maximum atomic E-state index is 12.3. The van der Waals surface area contributed by atoms with Crippen LogP contribution in [0.3, 0.4) is 0 Å². The molecular weight excluding hydrogens is 392 g/mol. The second kappa shape index (κ2) is 8.99. The molecule has 0 radical (unpaired) electrons. The highest BCUT2D eigenvalue weighted by Gasteiger charge is 2.15. The number of para-hydroxylation sites is 2. The van der Waals surface area contributed by atoms with Gasteiger partial charge in [0.1, 0.15) is 29.4 Å². The molecule has 0 spiro atoms. The summed E-state index contributed by atoms with van der Waals surface area (Å²) in [5.74, 6) is 0.891. The zero-order valence-electron chi connectivity index (χ0n) is 16.6. The van der Waals surface area contributed by atoms with E-state index in [1.54, 1.807) is 25.3 Å². The van der Waals surface area contributed by atoms with Gasteiger partial charge in [0.2, 0.25) is 0 Å². The Labute approximate surface area is 171 Å². The molecule has 2 aromatic heterocycles. The maximum absolute atomic E-state index is 12.3. The van der Waals surface area contributed by atoms with Crippen LogP contribution < -0.4 is 20.5 Å². The molecule has 1 aromatic carbocycles. The van der Waals surface area contributed by atoms with Gasteiger partial charge in [-0.3, -0.25) is 4.79 Å². The topological polar surface area (TPSA) is 124 Å². The van der Waals surface area contributed by atoms with Crippen LogP contribution in [0, 0.1) is 6.92 Å². The highest BCUT2D eigenvalue weighted by molar-refractivity contribution is 6.01. The molecule has 0 fully saturated rings. The minimum absolute atomic E-state index is 0.00494. The van der Waals surface area contributed by atoms with Gasteiger partial charge in [0.05, 0.1) is 12.8 Å². The van der Waals surface area contributed by atoms with E-state index in [0.29, 0.717) is 17.3 Å². The zero-order valence-corrected chi connectivity index (χ0v) is 16.6. The highest BCUT2D eigenvalue weighted by Crippen LogP contribution is 2.26. The van der Waals surface area contributed by atoms with Gasteiger partial charge in [-0.2, -0.15) is 5.10 Å². The van der Waals surface area contributed by atoms with E-state index in [-0.39, 0.29) is 35.2 Å². The first-order valence-corrected chi connectivity index (χ1v) is 8.92. The molecule has 2 N–H and O–H groups in total. The van der Waals surface area contributed by atoms with Crippen molar-refractivity contribution in [3.8, 4) is 17.2 Å². The first-order valence-electron chi connectivity index (χ1n) is 8.92. The second-order valence-electron chi connectivity index (χ2n) is 6.25. The fraction of sp³-hybridized carbons (Fsp3) is 0.190. The van der Waals surface area contributed by atoms with Crippen LogP contribution in [0.5, 0.6) is 17.2 Å². The summed E-state index contributed by atoms with van der Waals surface area (Å²) in [6, 6.07) is 11.5. The highest BCUT2D eigenvalue weighted by atomic mass is 16.5. The molecule has 0 bridgehead atoms. The Morgan fingerprint density at radius 2 is 1.90 bits per heavy atom. The Bertz CT molecular complexity index is 1140. The van der Waals surface area contributed by atoms with Crippen molar-refractivity contribution >= 4 is 11.6 Å². The van der Waals surface area contributed by atoms with Crippen LogP contribution in [0.4, 0.5) is 0 Å².